The molecular weight excluding hydrogens is 220 g/mol. The fourth-order valence-corrected chi connectivity index (χ4v) is 2.38. The number of nitrogens with zero attached hydrogens (tertiary/aromatic N) is 2. The second kappa shape index (κ2) is 5.77. The number of rotatable bonds is 6. The second-order valence-electron chi connectivity index (χ2n) is 3.63. The fourth-order valence-electron chi connectivity index (χ4n) is 1.57. The third-order valence-electron chi connectivity index (χ3n) is 2.42. The van der Waals surface area contributed by atoms with Crippen molar-refractivity contribution in [2.45, 2.75) is 19.3 Å². The van der Waals surface area contributed by atoms with Crippen molar-refractivity contribution in [2.24, 2.45) is 5.73 Å². The lowest BCUT2D eigenvalue weighted by molar-refractivity contribution is 0.706. The topological polar surface area (TPSA) is 63.8 Å². The van der Waals surface area contributed by atoms with Gasteiger partial charge in [0.05, 0.1) is 10.2 Å². The molecule has 0 aliphatic rings. The van der Waals surface area contributed by atoms with E-state index in [1.54, 1.807) is 17.7 Å². The Balaban J connectivity index is 1.91. The van der Waals surface area contributed by atoms with Crippen molar-refractivity contribution in [1.82, 2.24) is 9.97 Å². The number of fused-ring (bicyclic) bond motifs is 1. The van der Waals surface area contributed by atoms with Crippen molar-refractivity contribution in [2.75, 3.05) is 18.4 Å². The number of nitrogens with two attached hydrogens (primary N) is 1. The average Bonchev–Trinajstić information content (AvgIpc) is 2.77. The highest BCUT2D eigenvalue weighted by atomic mass is 32.1. The van der Waals surface area contributed by atoms with E-state index in [0.29, 0.717) is 0 Å². The Hall–Kier alpha value is -1.20. The van der Waals surface area contributed by atoms with Crippen LogP contribution in [0.5, 0.6) is 0 Å². The SMILES string of the molecule is NCCCCCNc1ncnc2ccsc12. The predicted octanol–water partition coefficient (Wildman–Crippen LogP) is 2.23. The normalized spacial score (nSPS) is 10.8. The third-order valence-corrected chi connectivity index (χ3v) is 3.33. The maximum Gasteiger partial charge on any atom is 0.147 e. The van der Waals surface area contributed by atoms with Gasteiger partial charge in [-0.05, 0) is 30.8 Å². The van der Waals surface area contributed by atoms with E-state index in [9.17, 15) is 0 Å². The fraction of sp³-hybridized carbons (Fsp3) is 0.455. The van der Waals surface area contributed by atoms with E-state index in [1.807, 2.05) is 11.4 Å². The van der Waals surface area contributed by atoms with Gasteiger partial charge in [-0.1, -0.05) is 6.42 Å². The molecule has 16 heavy (non-hydrogen) atoms. The first-order chi connectivity index (χ1) is 7.92. The van der Waals surface area contributed by atoms with Crippen LogP contribution in [0.3, 0.4) is 0 Å². The summed E-state index contributed by atoms with van der Waals surface area (Å²) in [7, 11) is 0. The smallest absolute Gasteiger partial charge is 0.147 e. The van der Waals surface area contributed by atoms with Crippen LogP contribution in [0.25, 0.3) is 10.2 Å². The van der Waals surface area contributed by atoms with Gasteiger partial charge < -0.3 is 11.1 Å². The van der Waals surface area contributed by atoms with E-state index in [4.69, 9.17) is 5.73 Å². The monoisotopic (exact) mass is 236 g/mol. The minimum Gasteiger partial charge on any atom is -0.369 e. The van der Waals surface area contributed by atoms with Crippen LogP contribution in [0.4, 0.5) is 5.82 Å². The number of aromatic nitrogens is 2. The molecule has 0 saturated carbocycles. The largest absolute Gasteiger partial charge is 0.369 e. The first-order valence-electron chi connectivity index (χ1n) is 5.54. The summed E-state index contributed by atoms with van der Waals surface area (Å²) in [5.41, 5.74) is 6.46. The van der Waals surface area contributed by atoms with Crippen molar-refractivity contribution < 1.29 is 0 Å². The molecule has 2 rings (SSSR count). The van der Waals surface area contributed by atoms with Crippen LogP contribution in [-0.2, 0) is 0 Å². The summed E-state index contributed by atoms with van der Waals surface area (Å²) in [6.07, 6.45) is 5.01. The van der Waals surface area contributed by atoms with Gasteiger partial charge in [-0.3, -0.25) is 0 Å². The van der Waals surface area contributed by atoms with Gasteiger partial charge in [0.25, 0.3) is 0 Å². The van der Waals surface area contributed by atoms with E-state index in [1.165, 1.54) is 6.42 Å². The van der Waals surface area contributed by atoms with Crippen molar-refractivity contribution >= 4 is 27.4 Å². The van der Waals surface area contributed by atoms with Gasteiger partial charge >= 0.3 is 0 Å². The third kappa shape index (κ3) is 2.68. The molecule has 5 heteroatoms. The van der Waals surface area contributed by atoms with Crippen LogP contribution in [0, 0.1) is 0 Å². The Kier molecular flexibility index (Phi) is 4.07. The highest BCUT2D eigenvalue weighted by molar-refractivity contribution is 7.17. The summed E-state index contributed by atoms with van der Waals surface area (Å²) < 4.78 is 1.14. The molecule has 0 fully saturated rings. The summed E-state index contributed by atoms with van der Waals surface area (Å²) in [5.74, 6) is 0.952. The first kappa shape index (κ1) is 11.3. The number of hydrogen-bond donors (Lipinski definition) is 2. The Bertz CT molecular complexity index is 440. The molecule has 86 valence electrons. The first-order valence-corrected chi connectivity index (χ1v) is 6.42. The zero-order chi connectivity index (χ0) is 11.2. The summed E-state index contributed by atoms with van der Waals surface area (Å²) >= 11 is 1.67. The number of anilines is 1. The van der Waals surface area contributed by atoms with Gasteiger partial charge in [0, 0.05) is 6.54 Å². The molecule has 0 saturated heterocycles. The molecule has 3 N–H and O–H groups in total. The molecule has 0 aliphatic heterocycles. The standard InChI is InChI=1S/C11H16N4S/c12-5-2-1-3-6-13-11-10-9(4-7-16-10)14-8-15-11/h4,7-8H,1-3,5-6,12H2,(H,13,14,15). The van der Waals surface area contributed by atoms with Crippen molar-refractivity contribution in [3.8, 4) is 0 Å². The van der Waals surface area contributed by atoms with Crippen LogP contribution >= 0.6 is 11.3 Å². The quantitative estimate of drug-likeness (QED) is 0.755. The zero-order valence-corrected chi connectivity index (χ0v) is 9.96. The minimum atomic E-state index is 0.780. The molecule has 4 nitrogen and oxygen atoms in total. The van der Waals surface area contributed by atoms with Crippen LogP contribution in [0.2, 0.25) is 0 Å². The van der Waals surface area contributed by atoms with Gasteiger partial charge in [0.1, 0.15) is 12.1 Å². The number of unbranched alkanes of at least 4 members (excludes halogenated alkanes) is 2. The molecule has 0 unspecified atom stereocenters. The van der Waals surface area contributed by atoms with Crippen LogP contribution in [0.1, 0.15) is 19.3 Å². The molecule has 0 amide bonds. The molecule has 2 heterocycles. The van der Waals surface area contributed by atoms with E-state index in [-0.39, 0.29) is 0 Å². The summed E-state index contributed by atoms with van der Waals surface area (Å²) in [4.78, 5) is 8.46. The maximum atomic E-state index is 5.44. The minimum absolute atomic E-state index is 0.780. The van der Waals surface area contributed by atoms with Crippen LogP contribution in [0.15, 0.2) is 17.8 Å². The molecule has 0 bridgehead atoms. The molecule has 0 radical (unpaired) electrons. The van der Waals surface area contributed by atoms with Gasteiger partial charge in [0.15, 0.2) is 0 Å². The molecule has 0 aliphatic carbocycles. The molecule has 0 atom stereocenters. The van der Waals surface area contributed by atoms with E-state index >= 15 is 0 Å². The lowest BCUT2D eigenvalue weighted by Crippen LogP contribution is -2.05. The van der Waals surface area contributed by atoms with Gasteiger partial charge in [-0.25, -0.2) is 9.97 Å². The van der Waals surface area contributed by atoms with Crippen LogP contribution in [-0.4, -0.2) is 23.1 Å². The van der Waals surface area contributed by atoms with Gasteiger partial charge in [-0.15, -0.1) is 11.3 Å². The van der Waals surface area contributed by atoms with E-state index in [0.717, 1.165) is 42.0 Å². The summed E-state index contributed by atoms with van der Waals surface area (Å²) in [6, 6.07) is 2.02. The van der Waals surface area contributed by atoms with Crippen LogP contribution < -0.4 is 11.1 Å². The van der Waals surface area contributed by atoms with Crippen molar-refractivity contribution in [1.29, 1.82) is 0 Å². The highest BCUT2D eigenvalue weighted by Crippen LogP contribution is 2.24. The number of thiophene rings is 1. The molecular formula is C11H16N4S. The van der Waals surface area contributed by atoms with Crippen molar-refractivity contribution in [3.63, 3.8) is 0 Å². The Morgan fingerprint density at radius 3 is 3.06 bits per heavy atom. The van der Waals surface area contributed by atoms with Gasteiger partial charge in [-0.2, -0.15) is 0 Å². The molecule has 2 aromatic rings. The summed E-state index contributed by atoms with van der Waals surface area (Å²) in [6.45, 7) is 1.73. The Morgan fingerprint density at radius 2 is 2.19 bits per heavy atom. The van der Waals surface area contributed by atoms with E-state index in [2.05, 4.69) is 15.3 Å². The van der Waals surface area contributed by atoms with E-state index < -0.39 is 0 Å². The average molecular weight is 236 g/mol. The lowest BCUT2D eigenvalue weighted by atomic mass is 10.2. The maximum absolute atomic E-state index is 5.44. The zero-order valence-electron chi connectivity index (χ0n) is 9.15. The Labute approximate surface area is 98.9 Å². The van der Waals surface area contributed by atoms with Crippen molar-refractivity contribution in [3.05, 3.63) is 17.8 Å². The van der Waals surface area contributed by atoms with Gasteiger partial charge in [0.2, 0.25) is 0 Å². The lowest BCUT2D eigenvalue weighted by Gasteiger charge is -2.05. The highest BCUT2D eigenvalue weighted by Gasteiger charge is 2.03. The summed E-state index contributed by atoms with van der Waals surface area (Å²) in [5, 5.41) is 5.39. The number of hydrogen-bond acceptors (Lipinski definition) is 5. The second-order valence-corrected chi connectivity index (χ2v) is 4.55. The predicted molar refractivity (Wildman–Crippen MR) is 68.8 cm³/mol. The molecule has 0 spiro atoms. The molecule has 2 aromatic heterocycles. The molecule has 0 aromatic carbocycles. The Morgan fingerprint density at radius 1 is 1.25 bits per heavy atom. The number of nitrogens with one attached hydrogen (secondary N) is 1.